The minimum atomic E-state index is -1.35. The van der Waals surface area contributed by atoms with Crippen molar-refractivity contribution in [3.8, 4) is 17.0 Å². The SMILES string of the molecule is O=C(O)Oc1ccc2c(C3CCCCC3)c3n(c2c1)CC(c1n[nH]c(=O)o1)=Cc1ccccc1-3. The van der Waals surface area contributed by atoms with Crippen LogP contribution in [0.15, 0.2) is 51.7 Å². The van der Waals surface area contributed by atoms with Crippen molar-refractivity contribution in [2.45, 2.75) is 44.6 Å². The fourth-order valence-corrected chi connectivity index (χ4v) is 5.52. The van der Waals surface area contributed by atoms with Crippen LogP contribution in [0, 0.1) is 0 Å². The van der Waals surface area contributed by atoms with Crippen LogP contribution in [0.5, 0.6) is 5.75 Å². The van der Waals surface area contributed by atoms with Crippen LogP contribution >= 0.6 is 0 Å². The molecule has 2 aliphatic rings. The van der Waals surface area contributed by atoms with Crippen LogP contribution in [-0.4, -0.2) is 26.0 Å². The Morgan fingerprint density at radius 1 is 1.15 bits per heavy atom. The Morgan fingerprint density at radius 2 is 1.97 bits per heavy atom. The molecule has 8 heteroatoms. The number of carboxylic acid groups (broad SMARTS) is 1. The third-order valence-electron chi connectivity index (χ3n) is 6.88. The van der Waals surface area contributed by atoms with Gasteiger partial charge in [-0.05, 0) is 48.1 Å². The molecule has 2 aromatic heterocycles. The molecule has 34 heavy (non-hydrogen) atoms. The van der Waals surface area contributed by atoms with Crippen molar-refractivity contribution in [2.24, 2.45) is 0 Å². The molecular weight excluding hydrogens is 434 g/mol. The topological polar surface area (TPSA) is 110 Å². The van der Waals surface area contributed by atoms with Gasteiger partial charge in [-0.25, -0.2) is 14.7 Å². The van der Waals surface area contributed by atoms with Crippen molar-refractivity contribution in [3.63, 3.8) is 0 Å². The van der Waals surface area contributed by atoms with Gasteiger partial charge in [0, 0.05) is 22.6 Å². The zero-order valence-electron chi connectivity index (χ0n) is 18.4. The minimum Gasteiger partial charge on any atom is -0.449 e. The summed E-state index contributed by atoms with van der Waals surface area (Å²) in [5.74, 6) is 0.319. The number of ether oxygens (including phenoxy) is 1. The van der Waals surface area contributed by atoms with E-state index in [9.17, 15) is 9.59 Å². The molecule has 0 unspecified atom stereocenters. The molecule has 4 aromatic rings. The monoisotopic (exact) mass is 457 g/mol. The molecular formula is C26H23N3O5. The lowest BCUT2D eigenvalue weighted by molar-refractivity contribution is 0.144. The summed E-state index contributed by atoms with van der Waals surface area (Å²) in [6, 6.07) is 13.7. The highest BCUT2D eigenvalue weighted by Gasteiger charge is 2.30. The predicted molar refractivity (Wildman–Crippen MR) is 127 cm³/mol. The van der Waals surface area contributed by atoms with Gasteiger partial charge < -0.3 is 18.8 Å². The molecule has 2 N–H and O–H groups in total. The Morgan fingerprint density at radius 3 is 2.74 bits per heavy atom. The van der Waals surface area contributed by atoms with Gasteiger partial charge in [0.2, 0.25) is 5.89 Å². The Labute approximate surface area is 194 Å². The van der Waals surface area contributed by atoms with Crippen molar-refractivity contribution in [3.05, 3.63) is 70.0 Å². The van der Waals surface area contributed by atoms with E-state index in [2.05, 4.69) is 26.9 Å². The highest BCUT2D eigenvalue weighted by atomic mass is 16.7. The number of aromatic nitrogens is 3. The number of fused-ring (bicyclic) bond motifs is 5. The number of nitrogens with zero attached hydrogens (tertiary/aromatic N) is 2. The van der Waals surface area contributed by atoms with Crippen LogP contribution in [0.4, 0.5) is 4.79 Å². The summed E-state index contributed by atoms with van der Waals surface area (Å²) >= 11 is 0. The molecule has 0 spiro atoms. The molecule has 0 saturated heterocycles. The number of carbonyl (C=O) groups is 1. The van der Waals surface area contributed by atoms with Crippen LogP contribution in [0.1, 0.15) is 55.0 Å². The first-order valence-corrected chi connectivity index (χ1v) is 11.5. The highest BCUT2D eigenvalue weighted by molar-refractivity contribution is 5.98. The fourth-order valence-electron chi connectivity index (χ4n) is 5.52. The van der Waals surface area contributed by atoms with Crippen LogP contribution in [0.25, 0.3) is 33.8 Å². The first kappa shape index (κ1) is 20.5. The molecule has 1 aliphatic carbocycles. The zero-order valence-corrected chi connectivity index (χ0v) is 18.4. The van der Waals surface area contributed by atoms with Gasteiger partial charge in [-0.15, -0.1) is 5.10 Å². The van der Waals surface area contributed by atoms with Crippen LogP contribution in [0.3, 0.4) is 0 Å². The van der Waals surface area contributed by atoms with E-state index in [1.54, 1.807) is 12.1 Å². The Hall–Kier alpha value is -4.07. The molecule has 1 fully saturated rings. The summed E-state index contributed by atoms with van der Waals surface area (Å²) in [4.78, 5) is 22.9. The molecule has 1 saturated carbocycles. The highest BCUT2D eigenvalue weighted by Crippen LogP contribution is 2.47. The summed E-state index contributed by atoms with van der Waals surface area (Å²) in [5, 5.41) is 16.7. The summed E-state index contributed by atoms with van der Waals surface area (Å²) in [6.07, 6.45) is 6.55. The second-order valence-electron chi connectivity index (χ2n) is 8.91. The van der Waals surface area contributed by atoms with Gasteiger partial charge in [0.25, 0.3) is 0 Å². The average Bonchev–Trinajstić information content (AvgIpc) is 3.35. The second-order valence-corrected chi connectivity index (χ2v) is 8.91. The number of rotatable bonds is 3. The summed E-state index contributed by atoms with van der Waals surface area (Å²) in [5.41, 5.74) is 6.16. The third kappa shape index (κ3) is 3.42. The standard InChI is InChI=1S/C26H23N3O5/c30-25-28-27-24(34-25)17-12-16-8-4-5-9-19(16)23-22(15-6-2-1-3-7-15)20-11-10-18(33-26(31)32)13-21(20)29(23)14-17/h4-5,8-13,15H,1-3,6-7,14H2,(H,28,30)(H,31,32). The van der Waals surface area contributed by atoms with E-state index >= 15 is 0 Å². The van der Waals surface area contributed by atoms with Crippen molar-refractivity contribution in [1.82, 2.24) is 14.8 Å². The molecule has 0 radical (unpaired) electrons. The first-order valence-electron chi connectivity index (χ1n) is 11.5. The van der Waals surface area contributed by atoms with E-state index in [1.165, 1.54) is 24.8 Å². The van der Waals surface area contributed by atoms with Crippen LogP contribution in [0.2, 0.25) is 0 Å². The van der Waals surface area contributed by atoms with Crippen molar-refractivity contribution in [2.75, 3.05) is 0 Å². The van der Waals surface area contributed by atoms with Gasteiger partial charge in [-0.3, -0.25) is 0 Å². The number of hydrogen-bond donors (Lipinski definition) is 2. The lowest BCUT2D eigenvalue weighted by Gasteiger charge is -2.24. The maximum absolute atomic E-state index is 11.7. The second kappa shape index (κ2) is 8.06. The number of H-pyrrole nitrogens is 1. The van der Waals surface area contributed by atoms with Gasteiger partial charge in [-0.2, -0.15) is 0 Å². The molecule has 0 amide bonds. The Bertz CT molecular complexity index is 1500. The normalized spacial score (nSPS) is 15.9. The number of allylic oxidation sites excluding steroid dienone is 1. The van der Waals surface area contributed by atoms with E-state index in [0.29, 0.717) is 12.5 Å². The molecule has 8 nitrogen and oxygen atoms in total. The minimum absolute atomic E-state index is 0.242. The smallest absolute Gasteiger partial charge is 0.449 e. The molecule has 0 atom stereocenters. The van der Waals surface area contributed by atoms with Crippen molar-refractivity contribution in [1.29, 1.82) is 0 Å². The maximum atomic E-state index is 11.7. The van der Waals surface area contributed by atoms with Crippen molar-refractivity contribution >= 4 is 28.7 Å². The molecule has 2 aromatic carbocycles. The average molecular weight is 457 g/mol. The molecule has 6 rings (SSSR count). The van der Waals surface area contributed by atoms with Crippen molar-refractivity contribution < 1.29 is 19.1 Å². The lowest BCUT2D eigenvalue weighted by atomic mass is 9.81. The Balaban J connectivity index is 1.65. The third-order valence-corrected chi connectivity index (χ3v) is 6.88. The maximum Gasteiger partial charge on any atom is 0.511 e. The van der Waals surface area contributed by atoms with Crippen LogP contribution < -0.4 is 10.5 Å². The van der Waals surface area contributed by atoms with Gasteiger partial charge in [-0.1, -0.05) is 43.5 Å². The predicted octanol–water partition coefficient (Wildman–Crippen LogP) is 5.64. The Kier molecular flexibility index (Phi) is 4.86. The number of hydrogen-bond acceptors (Lipinski definition) is 5. The quantitative estimate of drug-likeness (QED) is 0.304. The zero-order chi connectivity index (χ0) is 23.2. The molecule has 1 aliphatic heterocycles. The fraction of sp³-hybridized carbons (Fsp3) is 0.269. The van der Waals surface area contributed by atoms with Gasteiger partial charge in [0.15, 0.2) is 0 Å². The van der Waals surface area contributed by atoms with Gasteiger partial charge in [0.05, 0.1) is 17.8 Å². The van der Waals surface area contributed by atoms with E-state index in [1.807, 2.05) is 24.3 Å². The summed E-state index contributed by atoms with van der Waals surface area (Å²) in [6.45, 7) is 0.414. The summed E-state index contributed by atoms with van der Waals surface area (Å²) in [7, 11) is 0. The lowest BCUT2D eigenvalue weighted by Crippen LogP contribution is -2.07. The van der Waals surface area contributed by atoms with Crippen LogP contribution in [-0.2, 0) is 6.54 Å². The molecule has 172 valence electrons. The van der Waals surface area contributed by atoms with E-state index in [0.717, 1.165) is 46.1 Å². The molecule has 0 bridgehead atoms. The van der Waals surface area contributed by atoms with E-state index in [-0.39, 0.29) is 11.6 Å². The number of benzene rings is 2. The van der Waals surface area contributed by atoms with Gasteiger partial charge >= 0.3 is 11.9 Å². The summed E-state index contributed by atoms with van der Waals surface area (Å²) < 4.78 is 12.5. The first-order chi connectivity index (χ1) is 16.6. The number of aromatic amines is 1. The largest absolute Gasteiger partial charge is 0.511 e. The number of nitrogens with one attached hydrogen (secondary N) is 1. The van der Waals surface area contributed by atoms with E-state index < -0.39 is 11.9 Å². The molecule has 3 heterocycles. The van der Waals surface area contributed by atoms with E-state index in [4.69, 9.17) is 14.3 Å². The van der Waals surface area contributed by atoms with Gasteiger partial charge in [0.1, 0.15) is 5.75 Å².